The van der Waals surface area contributed by atoms with Gasteiger partial charge in [-0.15, -0.1) is 11.3 Å². The molecule has 6 nitrogen and oxygen atoms in total. The molecule has 0 unspecified atom stereocenters. The first-order valence-corrected chi connectivity index (χ1v) is 8.96. The molecule has 7 heteroatoms. The molecule has 2 aromatic heterocycles. The number of thiazole rings is 1. The van der Waals surface area contributed by atoms with E-state index < -0.39 is 0 Å². The quantitative estimate of drug-likeness (QED) is 0.595. The Bertz CT molecular complexity index is 683. The molecule has 0 aliphatic heterocycles. The number of nitrogens with zero attached hydrogens (tertiary/aromatic N) is 3. The number of aryl methyl sites for hydroxylation is 2. The van der Waals surface area contributed by atoms with Crippen LogP contribution in [0.4, 0.5) is 0 Å². The van der Waals surface area contributed by atoms with E-state index in [1.807, 2.05) is 32.9 Å². The molecule has 0 radical (unpaired) electrons. The van der Waals surface area contributed by atoms with Gasteiger partial charge in [-0.3, -0.25) is 0 Å². The van der Waals surface area contributed by atoms with Crippen LogP contribution in [0.3, 0.4) is 0 Å². The summed E-state index contributed by atoms with van der Waals surface area (Å²) in [7, 11) is 0. The van der Waals surface area contributed by atoms with Crippen LogP contribution in [0.25, 0.3) is 0 Å². The van der Waals surface area contributed by atoms with Crippen LogP contribution in [0.5, 0.6) is 5.88 Å². The number of ether oxygens (including phenoxy) is 1. The molecule has 0 bridgehead atoms. The number of aromatic nitrogens is 2. The minimum Gasteiger partial charge on any atom is -0.478 e. The molecule has 0 spiro atoms. The standard InChI is InChI=1S/C17H25N5OS/c1-5-18-17(21-11-15-12(3)22-13(4)24-15)20-10-14-7-8-19-16(9-14)23-6-2/h7-9H,5-6,10-11H2,1-4H3,(H2,18,20,21). The van der Waals surface area contributed by atoms with Crippen LogP contribution in [0.2, 0.25) is 0 Å². The fraction of sp³-hybridized carbons (Fsp3) is 0.471. The third-order valence-corrected chi connectivity index (χ3v) is 4.34. The maximum absolute atomic E-state index is 5.43. The zero-order valence-corrected chi connectivity index (χ0v) is 15.5. The summed E-state index contributed by atoms with van der Waals surface area (Å²) in [5.41, 5.74) is 2.15. The Kier molecular flexibility index (Phi) is 6.99. The molecule has 0 fully saturated rings. The third kappa shape index (κ3) is 5.49. The molecule has 0 saturated heterocycles. The van der Waals surface area contributed by atoms with E-state index in [0.717, 1.165) is 35.3 Å². The van der Waals surface area contributed by atoms with Gasteiger partial charge in [-0.2, -0.15) is 0 Å². The highest BCUT2D eigenvalue weighted by Crippen LogP contribution is 2.16. The van der Waals surface area contributed by atoms with Crippen molar-refractivity contribution in [3.05, 3.63) is 39.5 Å². The van der Waals surface area contributed by atoms with Crippen molar-refractivity contribution >= 4 is 17.3 Å². The number of hydrogen-bond donors (Lipinski definition) is 2. The number of rotatable bonds is 7. The van der Waals surface area contributed by atoms with E-state index in [1.165, 1.54) is 4.88 Å². The van der Waals surface area contributed by atoms with Crippen LogP contribution >= 0.6 is 11.3 Å². The molecule has 24 heavy (non-hydrogen) atoms. The van der Waals surface area contributed by atoms with E-state index in [9.17, 15) is 0 Å². The SMILES string of the molecule is CCNC(=NCc1ccnc(OCC)c1)NCc1sc(C)nc1C. The number of guanidine groups is 1. The summed E-state index contributed by atoms with van der Waals surface area (Å²) in [5.74, 6) is 1.43. The van der Waals surface area contributed by atoms with Crippen molar-refractivity contribution in [3.8, 4) is 5.88 Å². The highest BCUT2D eigenvalue weighted by Gasteiger charge is 2.06. The van der Waals surface area contributed by atoms with Gasteiger partial charge < -0.3 is 15.4 Å². The second kappa shape index (κ2) is 9.22. The molecule has 0 aromatic carbocycles. The molecule has 0 atom stereocenters. The van der Waals surface area contributed by atoms with Crippen LogP contribution < -0.4 is 15.4 Å². The average molecular weight is 347 g/mol. The van der Waals surface area contributed by atoms with Crippen molar-refractivity contribution in [2.45, 2.75) is 40.8 Å². The summed E-state index contributed by atoms with van der Waals surface area (Å²) in [6.45, 7) is 10.8. The van der Waals surface area contributed by atoms with Gasteiger partial charge in [-0.05, 0) is 39.3 Å². The van der Waals surface area contributed by atoms with Crippen molar-refractivity contribution in [1.82, 2.24) is 20.6 Å². The summed E-state index contributed by atoms with van der Waals surface area (Å²) >= 11 is 1.72. The largest absolute Gasteiger partial charge is 0.478 e. The molecule has 2 heterocycles. The maximum Gasteiger partial charge on any atom is 0.213 e. The lowest BCUT2D eigenvalue weighted by Gasteiger charge is -2.11. The minimum absolute atomic E-state index is 0.568. The van der Waals surface area contributed by atoms with Gasteiger partial charge in [0, 0.05) is 23.7 Å². The molecule has 130 valence electrons. The Balaban J connectivity index is 1.99. The van der Waals surface area contributed by atoms with Gasteiger partial charge in [-0.25, -0.2) is 15.0 Å². The fourth-order valence-corrected chi connectivity index (χ4v) is 3.07. The summed E-state index contributed by atoms with van der Waals surface area (Å²) in [6.07, 6.45) is 1.75. The van der Waals surface area contributed by atoms with Gasteiger partial charge in [0.2, 0.25) is 5.88 Å². The molecule has 0 amide bonds. The fourth-order valence-electron chi connectivity index (χ4n) is 2.19. The van der Waals surface area contributed by atoms with Crippen LogP contribution in [-0.4, -0.2) is 29.1 Å². The summed E-state index contributed by atoms with van der Waals surface area (Å²) < 4.78 is 5.43. The van der Waals surface area contributed by atoms with E-state index in [1.54, 1.807) is 17.5 Å². The Labute approximate surface area is 147 Å². The molecule has 0 aliphatic rings. The molecule has 0 aliphatic carbocycles. The van der Waals surface area contributed by atoms with E-state index >= 15 is 0 Å². The van der Waals surface area contributed by atoms with Crippen LogP contribution in [0, 0.1) is 13.8 Å². The second-order valence-corrected chi connectivity index (χ2v) is 6.51. The van der Waals surface area contributed by atoms with E-state index in [2.05, 4.69) is 32.5 Å². The Morgan fingerprint density at radius 2 is 2.12 bits per heavy atom. The van der Waals surface area contributed by atoms with Gasteiger partial charge in [-0.1, -0.05) is 0 Å². The van der Waals surface area contributed by atoms with Crippen LogP contribution in [0.15, 0.2) is 23.3 Å². The van der Waals surface area contributed by atoms with Gasteiger partial charge in [0.1, 0.15) is 0 Å². The van der Waals surface area contributed by atoms with Crippen LogP contribution in [-0.2, 0) is 13.1 Å². The van der Waals surface area contributed by atoms with Gasteiger partial charge in [0.25, 0.3) is 0 Å². The second-order valence-electron chi connectivity index (χ2n) is 5.23. The lowest BCUT2D eigenvalue weighted by Crippen LogP contribution is -2.36. The maximum atomic E-state index is 5.43. The Hall–Kier alpha value is -2.15. The van der Waals surface area contributed by atoms with Crippen molar-refractivity contribution < 1.29 is 4.74 Å². The number of aliphatic imine (C=N–C) groups is 1. The summed E-state index contributed by atoms with van der Waals surface area (Å²) in [6, 6.07) is 3.87. The smallest absolute Gasteiger partial charge is 0.213 e. The Morgan fingerprint density at radius 3 is 2.79 bits per heavy atom. The van der Waals surface area contributed by atoms with Gasteiger partial charge in [0.15, 0.2) is 5.96 Å². The van der Waals surface area contributed by atoms with Crippen molar-refractivity contribution in [2.75, 3.05) is 13.2 Å². The van der Waals surface area contributed by atoms with Crippen molar-refractivity contribution in [2.24, 2.45) is 4.99 Å². The lowest BCUT2D eigenvalue weighted by atomic mass is 10.3. The monoisotopic (exact) mass is 347 g/mol. The van der Waals surface area contributed by atoms with Gasteiger partial charge >= 0.3 is 0 Å². The molecular weight excluding hydrogens is 322 g/mol. The van der Waals surface area contributed by atoms with Gasteiger partial charge in [0.05, 0.1) is 30.4 Å². The average Bonchev–Trinajstić information content (AvgIpc) is 2.88. The first-order chi connectivity index (χ1) is 11.6. The molecule has 2 rings (SSSR count). The van der Waals surface area contributed by atoms with Crippen molar-refractivity contribution in [1.29, 1.82) is 0 Å². The highest BCUT2D eigenvalue weighted by molar-refractivity contribution is 7.11. The zero-order chi connectivity index (χ0) is 17.4. The number of hydrogen-bond acceptors (Lipinski definition) is 5. The number of pyridine rings is 1. The first kappa shape index (κ1) is 18.2. The zero-order valence-electron chi connectivity index (χ0n) is 14.7. The van der Waals surface area contributed by atoms with E-state index in [-0.39, 0.29) is 0 Å². The van der Waals surface area contributed by atoms with E-state index in [4.69, 9.17) is 4.74 Å². The Morgan fingerprint density at radius 1 is 1.29 bits per heavy atom. The predicted octanol–water partition coefficient (Wildman–Crippen LogP) is 2.81. The predicted molar refractivity (Wildman–Crippen MR) is 98.6 cm³/mol. The topological polar surface area (TPSA) is 71.4 Å². The molecular formula is C17H25N5OS. The minimum atomic E-state index is 0.568. The normalized spacial score (nSPS) is 11.4. The van der Waals surface area contributed by atoms with E-state index in [0.29, 0.717) is 19.0 Å². The summed E-state index contributed by atoms with van der Waals surface area (Å²) in [5, 5.41) is 7.72. The first-order valence-electron chi connectivity index (χ1n) is 8.15. The van der Waals surface area contributed by atoms with Crippen LogP contribution in [0.1, 0.15) is 35.0 Å². The summed E-state index contributed by atoms with van der Waals surface area (Å²) in [4.78, 5) is 14.5. The highest BCUT2D eigenvalue weighted by atomic mass is 32.1. The molecule has 0 saturated carbocycles. The number of nitrogens with one attached hydrogen (secondary N) is 2. The van der Waals surface area contributed by atoms with Crippen molar-refractivity contribution in [3.63, 3.8) is 0 Å². The third-order valence-electron chi connectivity index (χ3n) is 3.27. The molecule has 2 N–H and O–H groups in total. The molecule has 2 aromatic rings. The lowest BCUT2D eigenvalue weighted by molar-refractivity contribution is 0.326.